The van der Waals surface area contributed by atoms with Crippen molar-refractivity contribution in [2.45, 2.75) is 18.9 Å². The van der Waals surface area contributed by atoms with Crippen LogP contribution in [0.1, 0.15) is 22.5 Å². The van der Waals surface area contributed by atoms with Crippen LogP contribution in [-0.2, 0) is 0 Å². The number of likely N-dealkylation sites (N-methyl/N-ethyl adjacent to an activating group) is 1. The van der Waals surface area contributed by atoms with Gasteiger partial charge in [-0.15, -0.1) is 0 Å². The first-order chi connectivity index (χ1) is 11.5. The lowest BCUT2D eigenvalue weighted by molar-refractivity contribution is 0.0263. The number of β-amino-alcohol motifs (C(OH)–C–C–N with tert-alkyl or cyclic N) is 1. The summed E-state index contributed by atoms with van der Waals surface area (Å²) in [6, 6.07) is 5.26. The molecule has 1 aliphatic rings. The molecule has 0 aliphatic carbocycles. The third-order valence-corrected chi connectivity index (χ3v) is 4.28. The van der Waals surface area contributed by atoms with E-state index in [1.165, 1.54) is 0 Å². The first-order valence-corrected chi connectivity index (χ1v) is 7.90. The van der Waals surface area contributed by atoms with Crippen molar-refractivity contribution < 1.29 is 9.90 Å². The zero-order chi connectivity index (χ0) is 17.2. The van der Waals surface area contributed by atoms with Gasteiger partial charge in [-0.3, -0.25) is 9.78 Å². The smallest absolute Gasteiger partial charge is 0.255 e. The van der Waals surface area contributed by atoms with Gasteiger partial charge < -0.3 is 14.9 Å². The van der Waals surface area contributed by atoms with Gasteiger partial charge in [0.1, 0.15) is 5.60 Å². The highest BCUT2D eigenvalue weighted by Gasteiger charge is 2.39. The highest BCUT2D eigenvalue weighted by molar-refractivity contribution is 5.95. The predicted molar refractivity (Wildman–Crippen MR) is 89.7 cm³/mol. The molecule has 1 fully saturated rings. The average molecular weight is 327 g/mol. The number of carbonyl (C=O) groups is 1. The molecule has 3 rings (SSSR count). The van der Waals surface area contributed by atoms with E-state index in [0.29, 0.717) is 36.7 Å². The molecule has 1 N–H and O–H groups in total. The second-order valence-corrected chi connectivity index (χ2v) is 6.24. The monoisotopic (exact) mass is 327 g/mol. The van der Waals surface area contributed by atoms with Crippen LogP contribution in [0.4, 0.5) is 5.95 Å². The van der Waals surface area contributed by atoms with Gasteiger partial charge in [-0.05, 0) is 31.5 Å². The maximum absolute atomic E-state index is 12.6. The minimum Gasteiger partial charge on any atom is -0.386 e. The lowest BCUT2D eigenvalue weighted by atomic mass is 10.0. The van der Waals surface area contributed by atoms with E-state index >= 15 is 0 Å². The van der Waals surface area contributed by atoms with E-state index in [-0.39, 0.29) is 12.5 Å². The summed E-state index contributed by atoms with van der Waals surface area (Å²) in [4.78, 5) is 28.7. The van der Waals surface area contributed by atoms with Crippen molar-refractivity contribution in [3.8, 4) is 0 Å². The van der Waals surface area contributed by atoms with E-state index < -0.39 is 5.60 Å². The molecule has 1 unspecified atom stereocenters. The highest BCUT2D eigenvalue weighted by Crippen LogP contribution is 2.25. The molecule has 2 aromatic rings. The van der Waals surface area contributed by atoms with Gasteiger partial charge in [0.15, 0.2) is 0 Å². The van der Waals surface area contributed by atoms with Gasteiger partial charge in [0, 0.05) is 37.9 Å². The van der Waals surface area contributed by atoms with Crippen molar-refractivity contribution in [2.75, 3.05) is 31.6 Å². The predicted octanol–water partition coefficient (Wildman–Crippen LogP) is 0.893. The summed E-state index contributed by atoms with van der Waals surface area (Å²) in [5.41, 5.74) is 0.275. The molecule has 1 atom stereocenters. The van der Waals surface area contributed by atoms with Crippen molar-refractivity contribution in [1.29, 1.82) is 0 Å². The number of aliphatic hydroxyl groups is 1. The zero-order valence-corrected chi connectivity index (χ0v) is 13.9. The molecule has 0 radical (unpaired) electrons. The van der Waals surface area contributed by atoms with Crippen LogP contribution in [0, 0.1) is 6.92 Å². The van der Waals surface area contributed by atoms with Crippen molar-refractivity contribution in [1.82, 2.24) is 19.9 Å². The maximum atomic E-state index is 12.6. The van der Waals surface area contributed by atoms with Gasteiger partial charge in [0.25, 0.3) is 5.91 Å². The molecule has 1 amide bonds. The van der Waals surface area contributed by atoms with Crippen molar-refractivity contribution in [2.24, 2.45) is 0 Å². The fraction of sp³-hybridized carbons (Fsp3) is 0.412. The van der Waals surface area contributed by atoms with Gasteiger partial charge in [0.05, 0.1) is 18.7 Å². The number of pyridine rings is 1. The second-order valence-electron chi connectivity index (χ2n) is 6.24. The van der Waals surface area contributed by atoms with E-state index in [4.69, 9.17) is 0 Å². The van der Waals surface area contributed by atoms with Gasteiger partial charge in [-0.2, -0.15) is 0 Å². The number of amides is 1. The number of anilines is 1. The SMILES string of the molecule is Cc1ncccc1C(=O)N(C)CC1(O)CCN(c2ncccn2)C1. The van der Waals surface area contributed by atoms with Crippen LogP contribution in [0.15, 0.2) is 36.8 Å². The first-order valence-electron chi connectivity index (χ1n) is 7.90. The molecule has 3 heterocycles. The van der Waals surface area contributed by atoms with Crippen LogP contribution in [0.25, 0.3) is 0 Å². The van der Waals surface area contributed by atoms with Gasteiger partial charge >= 0.3 is 0 Å². The van der Waals surface area contributed by atoms with Crippen molar-refractivity contribution in [3.63, 3.8) is 0 Å². The molecular formula is C17H21N5O2. The molecule has 7 heteroatoms. The molecule has 0 bridgehead atoms. The largest absolute Gasteiger partial charge is 0.386 e. The summed E-state index contributed by atoms with van der Waals surface area (Å²) < 4.78 is 0. The second kappa shape index (κ2) is 6.52. The quantitative estimate of drug-likeness (QED) is 0.898. The molecule has 1 saturated heterocycles. The van der Waals surface area contributed by atoms with Gasteiger partial charge in [-0.25, -0.2) is 9.97 Å². The third-order valence-electron chi connectivity index (χ3n) is 4.28. The van der Waals surface area contributed by atoms with E-state index in [9.17, 15) is 9.90 Å². The number of hydrogen-bond acceptors (Lipinski definition) is 6. The molecule has 126 valence electrons. The van der Waals surface area contributed by atoms with Gasteiger partial charge in [-0.1, -0.05) is 0 Å². The topological polar surface area (TPSA) is 82.5 Å². The fourth-order valence-corrected chi connectivity index (χ4v) is 3.04. The Morgan fingerprint density at radius 2 is 2.00 bits per heavy atom. The van der Waals surface area contributed by atoms with Crippen molar-refractivity contribution >= 4 is 11.9 Å². The lowest BCUT2D eigenvalue weighted by Gasteiger charge is -2.29. The molecule has 24 heavy (non-hydrogen) atoms. The minimum absolute atomic E-state index is 0.136. The van der Waals surface area contributed by atoms with E-state index in [2.05, 4.69) is 15.0 Å². The first kappa shape index (κ1) is 16.3. The summed E-state index contributed by atoms with van der Waals surface area (Å²) in [5, 5.41) is 10.9. The molecule has 0 aromatic carbocycles. The van der Waals surface area contributed by atoms with Crippen LogP contribution < -0.4 is 4.90 Å². The Balaban J connectivity index is 1.67. The molecule has 2 aromatic heterocycles. The Bertz CT molecular complexity index is 724. The Morgan fingerprint density at radius 1 is 1.29 bits per heavy atom. The van der Waals surface area contributed by atoms with Crippen molar-refractivity contribution in [3.05, 3.63) is 48.0 Å². The summed E-state index contributed by atoms with van der Waals surface area (Å²) in [7, 11) is 1.70. The van der Waals surface area contributed by atoms with Crippen LogP contribution in [0.2, 0.25) is 0 Å². The number of nitrogens with zero attached hydrogens (tertiary/aromatic N) is 5. The average Bonchev–Trinajstić information content (AvgIpc) is 2.97. The minimum atomic E-state index is -0.972. The Labute approximate surface area is 141 Å². The Hall–Kier alpha value is -2.54. The number of rotatable bonds is 4. The zero-order valence-electron chi connectivity index (χ0n) is 13.9. The molecule has 1 aliphatic heterocycles. The summed E-state index contributed by atoms with van der Waals surface area (Å²) in [6.07, 6.45) is 5.59. The molecular weight excluding hydrogens is 306 g/mol. The number of aryl methyl sites for hydroxylation is 1. The lowest BCUT2D eigenvalue weighted by Crippen LogP contribution is -2.46. The number of carbonyl (C=O) groups excluding carboxylic acids is 1. The fourth-order valence-electron chi connectivity index (χ4n) is 3.04. The summed E-state index contributed by atoms with van der Waals surface area (Å²) in [6.45, 7) is 3.12. The summed E-state index contributed by atoms with van der Waals surface area (Å²) in [5.74, 6) is 0.467. The van der Waals surface area contributed by atoms with Crippen LogP contribution >= 0.6 is 0 Å². The maximum Gasteiger partial charge on any atom is 0.255 e. The van der Waals surface area contributed by atoms with E-state index in [1.54, 1.807) is 55.7 Å². The molecule has 0 saturated carbocycles. The molecule has 7 nitrogen and oxygen atoms in total. The van der Waals surface area contributed by atoms with E-state index in [0.717, 1.165) is 0 Å². The van der Waals surface area contributed by atoms with Crippen LogP contribution in [-0.4, -0.2) is 63.1 Å². The normalized spacial score (nSPS) is 20.2. The van der Waals surface area contributed by atoms with Gasteiger partial charge in [0.2, 0.25) is 5.95 Å². The summed E-state index contributed by atoms with van der Waals surface area (Å²) >= 11 is 0. The van der Waals surface area contributed by atoms with Crippen LogP contribution in [0.3, 0.4) is 0 Å². The number of aromatic nitrogens is 3. The standard InChI is InChI=1S/C17H21N5O2/c1-13-14(5-3-7-18-13)15(23)21(2)11-17(24)6-10-22(12-17)16-19-8-4-9-20-16/h3-5,7-9,24H,6,10-12H2,1-2H3. The Morgan fingerprint density at radius 3 is 2.71 bits per heavy atom. The Kier molecular flexibility index (Phi) is 4.44. The third kappa shape index (κ3) is 3.35. The van der Waals surface area contributed by atoms with Crippen LogP contribution in [0.5, 0.6) is 0 Å². The van der Waals surface area contributed by atoms with E-state index in [1.807, 2.05) is 4.90 Å². The molecule has 0 spiro atoms. The number of hydrogen-bond donors (Lipinski definition) is 1. The highest BCUT2D eigenvalue weighted by atomic mass is 16.3.